The number of aromatic nitrogens is 1. The fourth-order valence-corrected chi connectivity index (χ4v) is 5.12. The van der Waals surface area contributed by atoms with E-state index in [1.54, 1.807) is 13.8 Å². The van der Waals surface area contributed by atoms with Gasteiger partial charge in [-0.15, -0.1) is 11.3 Å². The molecule has 0 aromatic carbocycles. The molecule has 23 heavy (non-hydrogen) atoms. The summed E-state index contributed by atoms with van der Waals surface area (Å²) in [5.74, 6) is -1.26. The van der Waals surface area contributed by atoms with E-state index in [2.05, 4.69) is 14.4 Å². The summed E-state index contributed by atoms with van der Waals surface area (Å²) in [6.45, 7) is 5.28. The predicted molar refractivity (Wildman–Crippen MR) is 79.8 cm³/mol. The highest BCUT2D eigenvalue weighted by Crippen LogP contribution is 2.40. The van der Waals surface area contributed by atoms with Crippen LogP contribution in [0, 0.1) is 13.8 Å². The van der Waals surface area contributed by atoms with Crippen LogP contribution in [0.15, 0.2) is 15.5 Å². The van der Waals surface area contributed by atoms with E-state index in [1.807, 2.05) is 6.92 Å². The number of halogens is 3. The predicted octanol–water partition coefficient (Wildman–Crippen LogP) is 3.73. The van der Waals surface area contributed by atoms with Crippen molar-refractivity contribution in [3.05, 3.63) is 21.6 Å². The van der Waals surface area contributed by atoms with Gasteiger partial charge in [-0.25, -0.2) is 13.1 Å². The van der Waals surface area contributed by atoms with Crippen LogP contribution in [0.3, 0.4) is 0 Å². The third-order valence-corrected chi connectivity index (χ3v) is 5.84. The second-order valence-electron chi connectivity index (χ2n) is 4.89. The van der Waals surface area contributed by atoms with Gasteiger partial charge in [-0.2, -0.15) is 13.2 Å². The summed E-state index contributed by atoms with van der Waals surface area (Å²) >= 11 is 1.19. The fraction of sp³-hybridized carbons (Fsp3) is 0.462. The lowest BCUT2D eigenvalue weighted by Crippen LogP contribution is -2.25. The second-order valence-corrected chi connectivity index (χ2v) is 8.02. The van der Waals surface area contributed by atoms with Gasteiger partial charge in [0.2, 0.25) is 15.8 Å². The first-order valence-electron chi connectivity index (χ1n) is 6.72. The minimum Gasteiger partial charge on any atom is -0.351 e. The second kappa shape index (κ2) is 6.25. The van der Waals surface area contributed by atoms with Crippen molar-refractivity contribution in [3.8, 4) is 11.3 Å². The highest BCUT2D eigenvalue weighted by atomic mass is 32.2. The van der Waals surface area contributed by atoms with Gasteiger partial charge in [0.1, 0.15) is 10.6 Å². The van der Waals surface area contributed by atoms with Crippen molar-refractivity contribution in [2.45, 2.75) is 38.3 Å². The maximum absolute atomic E-state index is 12.7. The first-order valence-corrected chi connectivity index (χ1v) is 9.01. The molecule has 5 nitrogen and oxygen atoms in total. The smallest absolute Gasteiger partial charge is 0.351 e. The average molecular weight is 368 g/mol. The third-order valence-electron chi connectivity index (χ3n) is 3.06. The van der Waals surface area contributed by atoms with Gasteiger partial charge >= 0.3 is 6.18 Å². The van der Waals surface area contributed by atoms with E-state index in [-0.39, 0.29) is 22.7 Å². The maximum atomic E-state index is 12.7. The number of thiophene rings is 1. The van der Waals surface area contributed by atoms with Crippen molar-refractivity contribution in [1.29, 1.82) is 0 Å². The van der Waals surface area contributed by atoms with Gasteiger partial charge in [-0.1, -0.05) is 12.1 Å². The normalized spacial score (nSPS) is 12.8. The number of rotatable bonds is 5. The van der Waals surface area contributed by atoms with Gasteiger partial charge in [0.25, 0.3) is 0 Å². The van der Waals surface area contributed by atoms with Crippen molar-refractivity contribution in [2.24, 2.45) is 0 Å². The Morgan fingerprint density at radius 2 is 1.96 bits per heavy atom. The molecule has 0 amide bonds. The molecule has 1 N–H and O–H groups in total. The van der Waals surface area contributed by atoms with Crippen molar-refractivity contribution in [3.63, 3.8) is 0 Å². The summed E-state index contributed by atoms with van der Waals surface area (Å²) in [5.41, 5.74) is 0.00593. The molecule has 0 saturated heterocycles. The lowest BCUT2D eigenvalue weighted by Gasteiger charge is -2.07. The topological polar surface area (TPSA) is 72.2 Å². The van der Waals surface area contributed by atoms with Crippen molar-refractivity contribution < 1.29 is 26.1 Å². The molecule has 0 aliphatic rings. The molecular formula is C13H15F3N2O3S2. The Balaban J connectivity index is 2.58. The van der Waals surface area contributed by atoms with E-state index in [0.717, 1.165) is 0 Å². The van der Waals surface area contributed by atoms with Gasteiger partial charge in [-0.3, -0.25) is 0 Å². The number of nitrogens with one attached hydrogen (secondary N) is 1. The zero-order valence-electron chi connectivity index (χ0n) is 12.6. The molecule has 0 saturated carbocycles. The van der Waals surface area contributed by atoms with Crippen LogP contribution in [0.1, 0.15) is 28.9 Å². The Bertz CT molecular complexity index is 807. The van der Waals surface area contributed by atoms with E-state index in [9.17, 15) is 21.6 Å². The van der Waals surface area contributed by atoms with E-state index in [1.165, 1.54) is 11.3 Å². The van der Waals surface area contributed by atoms with Crippen LogP contribution in [0.4, 0.5) is 13.2 Å². The fourth-order valence-electron chi connectivity index (χ4n) is 2.12. The summed E-state index contributed by atoms with van der Waals surface area (Å²) in [5, 5.41) is 3.40. The molecule has 2 aromatic heterocycles. The number of sulfonamides is 1. The van der Waals surface area contributed by atoms with Crippen LogP contribution in [-0.4, -0.2) is 20.1 Å². The molecule has 0 spiro atoms. The van der Waals surface area contributed by atoms with Crippen LogP contribution in [0.2, 0.25) is 0 Å². The van der Waals surface area contributed by atoms with Crippen molar-refractivity contribution >= 4 is 21.4 Å². The molecule has 0 bridgehead atoms. The largest absolute Gasteiger partial charge is 0.452 e. The third kappa shape index (κ3) is 3.59. The van der Waals surface area contributed by atoms with Crippen LogP contribution in [-0.2, 0) is 16.2 Å². The summed E-state index contributed by atoms with van der Waals surface area (Å²) in [6.07, 6.45) is -4.08. The van der Waals surface area contributed by atoms with E-state index < -0.39 is 22.0 Å². The minimum atomic E-state index is -4.68. The first-order chi connectivity index (χ1) is 10.6. The number of aryl methyl sites for hydroxylation is 2. The number of hydrogen-bond acceptors (Lipinski definition) is 5. The van der Waals surface area contributed by atoms with Crippen LogP contribution in [0.25, 0.3) is 11.3 Å². The van der Waals surface area contributed by atoms with E-state index in [0.29, 0.717) is 22.2 Å². The molecule has 0 radical (unpaired) electrons. The first kappa shape index (κ1) is 18.0. The molecule has 128 valence electrons. The lowest BCUT2D eigenvalue weighted by molar-refractivity contribution is -0.155. The molecule has 0 aliphatic carbocycles. The van der Waals surface area contributed by atoms with Gasteiger partial charge < -0.3 is 4.52 Å². The highest BCUT2D eigenvalue weighted by molar-refractivity contribution is 7.89. The summed E-state index contributed by atoms with van der Waals surface area (Å²) < 4.78 is 69.6. The molecule has 0 unspecified atom stereocenters. The quantitative estimate of drug-likeness (QED) is 0.873. The maximum Gasteiger partial charge on any atom is 0.452 e. The Hall–Kier alpha value is -1.39. The van der Waals surface area contributed by atoms with Gasteiger partial charge in [-0.05, 0) is 20.3 Å². The van der Waals surface area contributed by atoms with Crippen LogP contribution in [0.5, 0.6) is 0 Å². The SMILES string of the molecule is CCCNS(=O)(=O)c1c(C)sc(C)c1-c1cc(C(F)(F)F)on1. The van der Waals surface area contributed by atoms with E-state index >= 15 is 0 Å². The van der Waals surface area contributed by atoms with Gasteiger partial charge in [0.15, 0.2) is 0 Å². The minimum absolute atomic E-state index is 0.0459. The zero-order valence-corrected chi connectivity index (χ0v) is 14.2. The van der Waals surface area contributed by atoms with Gasteiger partial charge in [0, 0.05) is 27.9 Å². The zero-order chi connectivity index (χ0) is 17.4. The van der Waals surface area contributed by atoms with Gasteiger partial charge in [0.05, 0.1) is 0 Å². The molecule has 0 fully saturated rings. The summed E-state index contributed by atoms with van der Waals surface area (Å²) in [6, 6.07) is 0.716. The molecule has 2 heterocycles. The van der Waals surface area contributed by atoms with Crippen molar-refractivity contribution in [2.75, 3.05) is 6.54 Å². The molecule has 0 atom stereocenters. The number of hydrogen-bond donors (Lipinski definition) is 1. The molecular weight excluding hydrogens is 353 g/mol. The Morgan fingerprint density at radius 1 is 1.30 bits per heavy atom. The summed E-state index contributed by atoms with van der Waals surface area (Å²) in [7, 11) is -3.84. The van der Waals surface area contributed by atoms with E-state index in [4.69, 9.17) is 0 Å². The average Bonchev–Trinajstić information content (AvgIpc) is 3.00. The highest BCUT2D eigenvalue weighted by Gasteiger charge is 2.37. The molecule has 2 aromatic rings. The summed E-state index contributed by atoms with van der Waals surface area (Å²) in [4.78, 5) is 0.995. The lowest BCUT2D eigenvalue weighted by atomic mass is 10.1. The Kier molecular flexibility index (Phi) is 4.88. The molecule has 0 aliphatic heterocycles. The Labute approximate surface area is 135 Å². The monoisotopic (exact) mass is 368 g/mol. The Morgan fingerprint density at radius 3 is 2.48 bits per heavy atom. The number of alkyl halides is 3. The molecule has 10 heteroatoms. The van der Waals surface area contributed by atoms with Crippen LogP contribution < -0.4 is 4.72 Å². The van der Waals surface area contributed by atoms with Crippen LogP contribution >= 0.6 is 11.3 Å². The number of nitrogens with zero attached hydrogens (tertiary/aromatic N) is 1. The standard InChI is InChI=1S/C13H15F3N2O3S2/c1-4-5-17-23(19,20)12-8(3)22-7(2)11(12)9-6-10(21-18-9)13(14,15)16/h6,17H,4-5H2,1-3H3. The van der Waals surface area contributed by atoms with Crippen molar-refractivity contribution in [1.82, 2.24) is 9.88 Å². The molecule has 2 rings (SSSR count).